The minimum atomic E-state index is -4.48. The molecule has 148 valence electrons. The number of benzene rings is 1. The molecule has 3 N–H and O–H groups in total. The monoisotopic (exact) mass is 410 g/mol. The second-order valence-electron chi connectivity index (χ2n) is 6.16. The summed E-state index contributed by atoms with van der Waals surface area (Å²) >= 11 is 5.79. The molecular formula is C18H18ClF3N6. The molecule has 0 aliphatic heterocycles. The van der Waals surface area contributed by atoms with Crippen LogP contribution in [0.3, 0.4) is 0 Å². The SMILES string of the molecule is CCn1cc(C(F)(F)F)nc1-c1ccc(C(C)Nc2nc(Cl)ncc2N)cc1. The number of hydrogen-bond donors (Lipinski definition) is 2. The predicted molar refractivity (Wildman–Crippen MR) is 102 cm³/mol. The highest BCUT2D eigenvalue weighted by atomic mass is 35.5. The van der Waals surface area contributed by atoms with Gasteiger partial charge in [0.1, 0.15) is 5.82 Å². The van der Waals surface area contributed by atoms with Gasteiger partial charge in [0.15, 0.2) is 11.5 Å². The Hall–Kier alpha value is -2.81. The number of alkyl halides is 3. The molecule has 2 heterocycles. The van der Waals surface area contributed by atoms with Crippen LogP contribution in [0, 0.1) is 0 Å². The summed E-state index contributed by atoms with van der Waals surface area (Å²) in [5.74, 6) is 0.682. The summed E-state index contributed by atoms with van der Waals surface area (Å²) in [7, 11) is 0. The lowest BCUT2D eigenvalue weighted by molar-refractivity contribution is -0.140. The van der Waals surface area contributed by atoms with Gasteiger partial charge in [0, 0.05) is 18.3 Å². The molecule has 0 aliphatic carbocycles. The van der Waals surface area contributed by atoms with Gasteiger partial charge < -0.3 is 15.6 Å². The smallest absolute Gasteiger partial charge is 0.394 e. The molecule has 0 aliphatic rings. The Kier molecular flexibility index (Phi) is 5.46. The van der Waals surface area contributed by atoms with Crippen LogP contribution in [0.2, 0.25) is 5.28 Å². The Morgan fingerprint density at radius 1 is 1.21 bits per heavy atom. The van der Waals surface area contributed by atoms with Gasteiger partial charge in [-0.25, -0.2) is 9.97 Å². The van der Waals surface area contributed by atoms with E-state index in [1.54, 1.807) is 19.1 Å². The fraction of sp³-hybridized carbons (Fsp3) is 0.278. The van der Waals surface area contributed by atoms with Crippen molar-refractivity contribution >= 4 is 23.1 Å². The van der Waals surface area contributed by atoms with Gasteiger partial charge in [-0.2, -0.15) is 18.2 Å². The van der Waals surface area contributed by atoms with E-state index in [1.807, 2.05) is 19.1 Å². The molecule has 3 aromatic rings. The lowest BCUT2D eigenvalue weighted by Crippen LogP contribution is -2.10. The Morgan fingerprint density at radius 3 is 2.50 bits per heavy atom. The maximum Gasteiger partial charge on any atom is 0.434 e. The summed E-state index contributed by atoms with van der Waals surface area (Å²) in [6.07, 6.45) is -2.04. The molecule has 0 amide bonds. The minimum absolute atomic E-state index is 0.0751. The van der Waals surface area contributed by atoms with E-state index in [0.29, 0.717) is 23.6 Å². The van der Waals surface area contributed by atoms with Crippen LogP contribution in [0.15, 0.2) is 36.7 Å². The van der Waals surface area contributed by atoms with E-state index >= 15 is 0 Å². The lowest BCUT2D eigenvalue weighted by atomic mass is 10.1. The van der Waals surface area contributed by atoms with Crippen LogP contribution in [-0.2, 0) is 12.7 Å². The van der Waals surface area contributed by atoms with Gasteiger partial charge in [-0.3, -0.25) is 0 Å². The minimum Gasteiger partial charge on any atom is -0.394 e. The predicted octanol–water partition coefficient (Wildman–Crippen LogP) is 4.79. The Labute approximate surface area is 164 Å². The third kappa shape index (κ3) is 4.19. The molecular weight excluding hydrogens is 393 g/mol. The molecule has 1 atom stereocenters. The molecule has 0 saturated carbocycles. The van der Waals surface area contributed by atoms with Crippen LogP contribution in [0.4, 0.5) is 24.7 Å². The van der Waals surface area contributed by atoms with E-state index < -0.39 is 11.9 Å². The fourth-order valence-electron chi connectivity index (χ4n) is 2.72. The molecule has 0 saturated heterocycles. The number of halogens is 4. The highest BCUT2D eigenvalue weighted by molar-refractivity contribution is 6.28. The molecule has 10 heteroatoms. The van der Waals surface area contributed by atoms with Gasteiger partial charge >= 0.3 is 6.18 Å². The van der Waals surface area contributed by atoms with E-state index in [2.05, 4.69) is 20.3 Å². The molecule has 3 rings (SSSR count). The molecule has 0 spiro atoms. The summed E-state index contributed by atoms with van der Waals surface area (Å²) in [5, 5.41) is 3.22. The normalized spacial score (nSPS) is 12.8. The van der Waals surface area contributed by atoms with Crippen molar-refractivity contribution in [2.75, 3.05) is 11.1 Å². The number of aromatic nitrogens is 4. The van der Waals surface area contributed by atoms with E-state index in [9.17, 15) is 13.2 Å². The van der Waals surface area contributed by atoms with Gasteiger partial charge in [-0.05, 0) is 31.0 Å². The van der Waals surface area contributed by atoms with Gasteiger partial charge in [0.05, 0.1) is 17.9 Å². The number of aryl methyl sites for hydroxylation is 1. The standard InChI is InChI=1S/C18H18ClF3N6/c1-3-28-9-14(18(20,21)22)26-16(28)12-6-4-11(5-7-12)10(2)25-15-13(23)8-24-17(19)27-15/h4-10H,3,23H2,1-2H3,(H,24,25,27). The zero-order chi connectivity index (χ0) is 20.5. The van der Waals surface area contributed by atoms with Gasteiger partial charge in [-0.15, -0.1) is 0 Å². The molecule has 0 fully saturated rings. The van der Waals surface area contributed by atoms with Crippen molar-refractivity contribution in [3.63, 3.8) is 0 Å². The third-order valence-electron chi connectivity index (χ3n) is 4.22. The zero-order valence-electron chi connectivity index (χ0n) is 15.1. The maximum atomic E-state index is 13.0. The quantitative estimate of drug-likeness (QED) is 0.591. The van der Waals surface area contributed by atoms with Gasteiger partial charge in [0.25, 0.3) is 0 Å². The molecule has 2 aromatic heterocycles. The molecule has 1 unspecified atom stereocenters. The number of imidazole rings is 1. The topological polar surface area (TPSA) is 81.7 Å². The molecule has 28 heavy (non-hydrogen) atoms. The summed E-state index contributed by atoms with van der Waals surface area (Å²) in [4.78, 5) is 11.6. The van der Waals surface area contributed by atoms with Crippen LogP contribution in [0.5, 0.6) is 0 Å². The molecule has 6 nitrogen and oxygen atoms in total. The summed E-state index contributed by atoms with van der Waals surface area (Å²) < 4.78 is 40.3. The summed E-state index contributed by atoms with van der Waals surface area (Å²) in [5.41, 5.74) is 6.78. The van der Waals surface area contributed by atoms with Crippen LogP contribution in [0.25, 0.3) is 11.4 Å². The number of anilines is 2. The van der Waals surface area contributed by atoms with Gasteiger partial charge in [0.2, 0.25) is 5.28 Å². The van der Waals surface area contributed by atoms with Crippen molar-refractivity contribution < 1.29 is 13.2 Å². The zero-order valence-corrected chi connectivity index (χ0v) is 15.9. The number of nitrogens with zero attached hydrogens (tertiary/aromatic N) is 4. The maximum absolute atomic E-state index is 13.0. The second-order valence-corrected chi connectivity index (χ2v) is 6.50. The first-order chi connectivity index (χ1) is 13.2. The van der Waals surface area contributed by atoms with Crippen molar-refractivity contribution in [3.8, 4) is 11.4 Å². The number of nitrogens with two attached hydrogens (primary N) is 1. The van der Waals surface area contributed by atoms with E-state index in [4.69, 9.17) is 17.3 Å². The third-order valence-corrected chi connectivity index (χ3v) is 4.40. The Bertz CT molecular complexity index is 968. The van der Waals surface area contributed by atoms with Crippen molar-refractivity contribution in [3.05, 3.63) is 53.2 Å². The van der Waals surface area contributed by atoms with Crippen molar-refractivity contribution in [1.82, 2.24) is 19.5 Å². The first-order valence-electron chi connectivity index (χ1n) is 8.48. The van der Waals surface area contributed by atoms with Crippen LogP contribution in [-0.4, -0.2) is 19.5 Å². The van der Waals surface area contributed by atoms with Crippen molar-refractivity contribution in [2.24, 2.45) is 0 Å². The average molecular weight is 411 g/mol. The Balaban J connectivity index is 1.83. The Morgan fingerprint density at radius 2 is 1.89 bits per heavy atom. The van der Waals surface area contributed by atoms with E-state index in [-0.39, 0.29) is 17.1 Å². The van der Waals surface area contributed by atoms with Crippen LogP contribution < -0.4 is 11.1 Å². The number of nitrogens with one attached hydrogen (secondary N) is 1. The van der Waals surface area contributed by atoms with Crippen LogP contribution in [0.1, 0.15) is 31.1 Å². The highest BCUT2D eigenvalue weighted by Gasteiger charge is 2.34. The van der Waals surface area contributed by atoms with Crippen molar-refractivity contribution in [1.29, 1.82) is 0 Å². The first-order valence-corrected chi connectivity index (χ1v) is 8.86. The average Bonchev–Trinajstić information content (AvgIpc) is 3.09. The lowest BCUT2D eigenvalue weighted by Gasteiger charge is -2.16. The summed E-state index contributed by atoms with van der Waals surface area (Å²) in [6, 6.07) is 6.93. The van der Waals surface area contributed by atoms with Gasteiger partial charge in [-0.1, -0.05) is 24.3 Å². The number of hydrogen-bond acceptors (Lipinski definition) is 5. The molecule has 0 radical (unpaired) electrons. The van der Waals surface area contributed by atoms with Crippen LogP contribution >= 0.6 is 11.6 Å². The van der Waals surface area contributed by atoms with E-state index in [1.165, 1.54) is 10.8 Å². The molecule has 0 bridgehead atoms. The first kappa shape index (κ1) is 19.9. The highest BCUT2D eigenvalue weighted by Crippen LogP contribution is 2.31. The number of rotatable bonds is 5. The number of nitrogen functional groups attached to an aromatic ring is 1. The largest absolute Gasteiger partial charge is 0.434 e. The molecule has 1 aromatic carbocycles. The summed E-state index contributed by atoms with van der Waals surface area (Å²) in [6.45, 7) is 4.05. The second kappa shape index (κ2) is 7.67. The van der Waals surface area contributed by atoms with E-state index in [0.717, 1.165) is 11.8 Å². The van der Waals surface area contributed by atoms with Crippen molar-refractivity contribution in [2.45, 2.75) is 32.6 Å². The fourth-order valence-corrected chi connectivity index (χ4v) is 2.85.